The van der Waals surface area contributed by atoms with Crippen LogP contribution in [0.2, 0.25) is 0 Å². The smallest absolute Gasteiger partial charge is 0.230 e. The van der Waals surface area contributed by atoms with Crippen molar-refractivity contribution in [1.29, 1.82) is 0 Å². The summed E-state index contributed by atoms with van der Waals surface area (Å²) >= 11 is 1.22. The van der Waals surface area contributed by atoms with Gasteiger partial charge in [0.15, 0.2) is 5.76 Å². The van der Waals surface area contributed by atoms with Crippen molar-refractivity contribution in [2.75, 3.05) is 25.3 Å². The summed E-state index contributed by atoms with van der Waals surface area (Å²) in [5.74, 6) is 7.81. The minimum Gasteiger partial charge on any atom is -0.497 e. The molecule has 2 heterocycles. The highest BCUT2D eigenvalue weighted by atomic mass is 32.2. The van der Waals surface area contributed by atoms with Gasteiger partial charge in [0.1, 0.15) is 5.75 Å². The molecule has 1 aromatic carbocycles. The zero-order valence-corrected chi connectivity index (χ0v) is 15.0. The molecule has 2 aromatic heterocycles. The lowest BCUT2D eigenvalue weighted by Crippen LogP contribution is -2.27. The van der Waals surface area contributed by atoms with Crippen LogP contribution < -0.4 is 15.9 Å². The third-order valence-electron chi connectivity index (χ3n) is 3.63. The Bertz CT molecular complexity index is 846. The van der Waals surface area contributed by atoms with Crippen molar-refractivity contribution in [3.8, 4) is 17.3 Å². The van der Waals surface area contributed by atoms with E-state index in [-0.39, 0.29) is 11.7 Å². The zero-order valence-electron chi connectivity index (χ0n) is 14.2. The van der Waals surface area contributed by atoms with Gasteiger partial charge in [-0.25, -0.2) is 4.68 Å². The van der Waals surface area contributed by atoms with Gasteiger partial charge in [-0.3, -0.25) is 4.79 Å². The predicted octanol–water partition coefficient (Wildman–Crippen LogP) is 1.71. The lowest BCUT2D eigenvalue weighted by atomic mass is 10.1. The Morgan fingerprint density at radius 3 is 2.81 bits per heavy atom. The summed E-state index contributed by atoms with van der Waals surface area (Å²) in [5.41, 5.74) is 1.13. The lowest BCUT2D eigenvalue weighted by molar-refractivity contribution is -0.118. The number of hydrogen-bond donors (Lipinski definition) is 2. The number of amides is 1. The largest absolute Gasteiger partial charge is 0.497 e. The van der Waals surface area contributed by atoms with E-state index in [1.807, 2.05) is 24.3 Å². The molecule has 0 spiro atoms. The Morgan fingerprint density at radius 2 is 2.12 bits per heavy atom. The Morgan fingerprint density at radius 1 is 1.31 bits per heavy atom. The minimum atomic E-state index is -0.0916. The Labute approximate surface area is 154 Å². The van der Waals surface area contributed by atoms with Gasteiger partial charge in [-0.15, -0.1) is 10.2 Å². The third-order valence-corrected chi connectivity index (χ3v) is 4.58. The molecule has 0 saturated heterocycles. The number of furan rings is 1. The van der Waals surface area contributed by atoms with Crippen molar-refractivity contribution in [3.05, 3.63) is 48.2 Å². The fourth-order valence-corrected chi connectivity index (χ4v) is 2.96. The summed E-state index contributed by atoms with van der Waals surface area (Å²) in [6.45, 7) is 0.554. The highest BCUT2D eigenvalue weighted by Gasteiger charge is 2.15. The molecule has 3 aromatic rings. The maximum Gasteiger partial charge on any atom is 0.230 e. The van der Waals surface area contributed by atoms with Gasteiger partial charge < -0.3 is 20.3 Å². The highest BCUT2D eigenvalue weighted by Crippen LogP contribution is 2.21. The summed E-state index contributed by atoms with van der Waals surface area (Å²) in [6.07, 6.45) is 2.28. The molecule has 9 heteroatoms. The van der Waals surface area contributed by atoms with Gasteiger partial charge >= 0.3 is 0 Å². The normalized spacial score (nSPS) is 10.7. The first-order valence-electron chi connectivity index (χ1n) is 7.94. The van der Waals surface area contributed by atoms with Gasteiger partial charge in [0.2, 0.25) is 16.9 Å². The SMILES string of the molecule is COc1ccc(CCNC(=O)CSc2nnc(-c3ccco3)n2N)cc1. The summed E-state index contributed by atoms with van der Waals surface area (Å²) in [5, 5.41) is 11.3. The van der Waals surface area contributed by atoms with E-state index in [1.165, 1.54) is 22.7 Å². The Hall–Kier alpha value is -2.94. The molecular weight excluding hydrogens is 354 g/mol. The second-order valence-electron chi connectivity index (χ2n) is 5.39. The van der Waals surface area contributed by atoms with Crippen molar-refractivity contribution in [3.63, 3.8) is 0 Å². The van der Waals surface area contributed by atoms with Crippen molar-refractivity contribution in [2.45, 2.75) is 11.6 Å². The number of benzene rings is 1. The van der Waals surface area contributed by atoms with Crippen LogP contribution in [0.3, 0.4) is 0 Å². The number of thioether (sulfide) groups is 1. The number of carbonyl (C=O) groups is 1. The fourth-order valence-electron chi connectivity index (χ4n) is 2.27. The quantitative estimate of drug-likeness (QED) is 0.457. The first-order chi connectivity index (χ1) is 12.7. The number of nitrogen functional groups attached to an aromatic ring is 1. The van der Waals surface area contributed by atoms with E-state index >= 15 is 0 Å². The molecule has 0 atom stereocenters. The number of nitrogens with two attached hydrogens (primary N) is 1. The lowest BCUT2D eigenvalue weighted by Gasteiger charge is -2.06. The summed E-state index contributed by atoms with van der Waals surface area (Å²) < 4.78 is 11.7. The standard InChI is InChI=1S/C17H19N5O3S/c1-24-13-6-4-12(5-7-13)8-9-19-15(23)11-26-17-21-20-16(22(17)18)14-3-2-10-25-14/h2-7,10H,8-9,11,18H2,1H3,(H,19,23). The molecule has 136 valence electrons. The summed E-state index contributed by atoms with van der Waals surface area (Å²) in [6, 6.07) is 11.2. The number of methoxy groups -OCH3 is 1. The summed E-state index contributed by atoms with van der Waals surface area (Å²) in [7, 11) is 1.63. The monoisotopic (exact) mass is 373 g/mol. The van der Waals surface area contributed by atoms with E-state index in [0.29, 0.717) is 23.3 Å². The average molecular weight is 373 g/mol. The van der Waals surface area contributed by atoms with Crippen LogP contribution in [0.15, 0.2) is 52.2 Å². The topological polar surface area (TPSA) is 108 Å². The van der Waals surface area contributed by atoms with E-state index in [1.54, 1.807) is 19.2 Å². The minimum absolute atomic E-state index is 0.0916. The molecule has 0 radical (unpaired) electrons. The van der Waals surface area contributed by atoms with Crippen molar-refractivity contribution >= 4 is 17.7 Å². The molecule has 8 nitrogen and oxygen atoms in total. The van der Waals surface area contributed by atoms with Crippen molar-refractivity contribution in [2.24, 2.45) is 0 Å². The molecule has 0 aliphatic heterocycles. The van der Waals surface area contributed by atoms with E-state index in [0.717, 1.165) is 17.7 Å². The van der Waals surface area contributed by atoms with E-state index in [4.69, 9.17) is 15.0 Å². The van der Waals surface area contributed by atoms with E-state index in [2.05, 4.69) is 15.5 Å². The maximum absolute atomic E-state index is 12.0. The average Bonchev–Trinajstić information content (AvgIpc) is 3.30. The molecule has 0 unspecified atom stereocenters. The van der Waals surface area contributed by atoms with Crippen LogP contribution in [0.1, 0.15) is 5.56 Å². The molecule has 0 aliphatic rings. The van der Waals surface area contributed by atoms with Gasteiger partial charge in [0.05, 0.1) is 19.1 Å². The van der Waals surface area contributed by atoms with Crippen molar-refractivity contribution in [1.82, 2.24) is 20.2 Å². The molecular formula is C17H19N5O3S. The fraction of sp³-hybridized carbons (Fsp3) is 0.235. The van der Waals surface area contributed by atoms with Crippen LogP contribution in [0.5, 0.6) is 5.75 Å². The molecule has 0 bridgehead atoms. The van der Waals surface area contributed by atoms with Crippen LogP contribution in [-0.4, -0.2) is 40.2 Å². The number of aromatic nitrogens is 3. The second kappa shape index (κ2) is 8.43. The number of nitrogens with one attached hydrogen (secondary N) is 1. The molecule has 0 saturated carbocycles. The number of ether oxygens (including phenoxy) is 1. The number of hydrogen-bond acceptors (Lipinski definition) is 7. The maximum atomic E-state index is 12.0. The molecule has 3 N–H and O–H groups in total. The van der Waals surface area contributed by atoms with E-state index in [9.17, 15) is 4.79 Å². The van der Waals surface area contributed by atoms with E-state index < -0.39 is 0 Å². The van der Waals surface area contributed by atoms with Gasteiger partial charge in [-0.1, -0.05) is 23.9 Å². The molecule has 1 amide bonds. The summed E-state index contributed by atoms with van der Waals surface area (Å²) in [4.78, 5) is 12.0. The molecule has 0 aliphatic carbocycles. The number of carbonyl (C=O) groups excluding carboxylic acids is 1. The first kappa shape index (κ1) is 17.9. The van der Waals surface area contributed by atoms with Crippen LogP contribution in [0.4, 0.5) is 0 Å². The number of rotatable bonds is 8. The zero-order chi connectivity index (χ0) is 18.4. The Kier molecular flexibility index (Phi) is 5.80. The highest BCUT2D eigenvalue weighted by molar-refractivity contribution is 7.99. The Balaban J connectivity index is 1.44. The van der Waals surface area contributed by atoms with Crippen LogP contribution in [0.25, 0.3) is 11.6 Å². The van der Waals surface area contributed by atoms with Crippen LogP contribution in [-0.2, 0) is 11.2 Å². The van der Waals surface area contributed by atoms with Gasteiger partial charge in [0.25, 0.3) is 0 Å². The van der Waals surface area contributed by atoms with Crippen molar-refractivity contribution < 1.29 is 13.9 Å². The van der Waals surface area contributed by atoms with Crippen LogP contribution >= 0.6 is 11.8 Å². The second-order valence-corrected chi connectivity index (χ2v) is 6.33. The third kappa shape index (κ3) is 4.37. The van der Waals surface area contributed by atoms with Gasteiger partial charge in [0, 0.05) is 6.54 Å². The predicted molar refractivity (Wildman–Crippen MR) is 98.3 cm³/mol. The van der Waals surface area contributed by atoms with Crippen LogP contribution in [0, 0.1) is 0 Å². The molecule has 0 fully saturated rings. The van der Waals surface area contributed by atoms with Gasteiger partial charge in [-0.05, 0) is 36.2 Å². The van der Waals surface area contributed by atoms with Gasteiger partial charge in [-0.2, -0.15) is 0 Å². The first-order valence-corrected chi connectivity index (χ1v) is 8.92. The molecule has 26 heavy (non-hydrogen) atoms. The number of nitrogens with zero attached hydrogens (tertiary/aromatic N) is 3. The molecule has 3 rings (SSSR count).